The van der Waals surface area contributed by atoms with Gasteiger partial charge in [-0.3, -0.25) is 0 Å². The number of hydrogen-bond donors (Lipinski definition) is 1. The van der Waals surface area contributed by atoms with Crippen molar-refractivity contribution in [1.82, 2.24) is 5.32 Å². The molecule has 3 unspecified atom stereocenters. The monoisotopic (exact) mass is 281 g/mol. The third kappa shape index (κ3) is 2.43. The Morgan fingerprint density at radius 1 is 1.26 bits per heavy atom. The molecule has 0 saturated heterocycles. The lowest BCUT2D eigenvalue weighted by molar-refractivity contribution is 0.358. The lowest BCUT2D eigenvalue weighted by Gasteiger charge is -2.36. The highest BCUT2D eigenvalue weighted by atomic mass is 32.2. The Morgan fingerprint density at radius 2 is 1.95 bits per heavy atom. The Hall–Kier alpha value is -0.870. The predicted octanol–water partition coefficient (Wildman–Crippen LogP) is 2.85. The number of sulfone groups is 1. The molecule has 1 N–H and O–H groups in total. The standard InChI is InChI=1S/C15H23NO2S/c1-5-8-16-15-11(3)12(4)19(17,18)14-7-6-10(2)9-13(14)15/h6-7,9,11-12,15-16H,5,8H2,1-4H3. The molecular formula is C15H23NO2S. The third-order valence-electron chi connectivity index (χ3n) is 4.18. The zero-order valence-electron chi connectivity index (χ0n) is 12.1. The first-order valence-corrected chi connectivity index (χ1v) is 8.52. The minimum atomic E-state index is -3.18. The summed E-state index contributed by atoms with van der Waals surface area (Å²) in [6.07, 6.45) is 1.05. The summed E-state index contributed by atoms with van der Waals surface area (Å²) in [6.45, 7) is 8.89. The van der Waals surface area contributed by atoms with Crippen LogP contribution in [0.4, 0.5) is 0 Å². The van der Waals surface area contributed by atoms with Gasteiger partial charge in [0.1, 0.15) is 0 Å². The van der Waals surface area contributed by atoms with Crippen LogP contribution in [0, 0.1) is 12.8 Å². The molecule has 1 aromatic carbocycles. The van der Waals surface area contributed by atoms with Crippen LogP contribution in [0.25, 0.3) is 0 Å². The Kier molecular flexibility index (Phi) is 4.02. The van der Waals surface area contributed by atoms with Crippen molar-refractivity contribution in [3.8, 4) is 0 Å². The van der Waals surface area contributed by atoms with Gasteiger partial charge in [-0.05, 0) is 44.4 Å². The van der Waals surface area contributed by atoms with E-state index in [1.165, 1.54) is 0 Å². The molecule has 0 aromatic heterocycles. The van der Waals surface area contributed by atoms with Crippen molar-refractivity contribution in [3.63, 3.8) is 0 Å². The van der Waals surface area contributed by atoms with E-state index in [0.717, 1.165) is 24.1 Å². The molecule has 3 atom stereocenters. The first-order chi connectivity index (χ1) is 8.89. The largest absolute Gasteiger partial charge is 0.310 e. The van der Waals surface area contributed by atoms with E-state index in [1.807, 2.05) is 32.9 Å². The van der Waals surface area contributed by atoms with Gasteiger partial charge in [0.05, 0.1) is 10.1 Å². The number of fused-ring (bicyclic) bond motifs is 1. The molecule has 0 amide bonds. The van der Waals surface area contributed by atoms with Crippen LogP contribution in [-0.2, 0) is 9.84 Å². The molecule has 0 fully saturated rings. The van der Waals surface area contributed by atoms with E-state index in [0.29, 0.717) is 4.90 Å². The fourth-order valence-corrected chi connectivity index (χ4v) is 4.70. The first-order valence-electron chi connectivity index (χ1n) is 6.97. The van der Waals surface area contributed by atoms with Crippen LogP contribution >= 0.6 is 0 Å². The molecule has 1 aliphatic heterocycles. The summed E-state index contributed by atoms with van der Waals surface area (Å²) in [5.74, 6) is 0.0887. The highest BCUT2D eigenvalue weighted by Gasteiger charge is 2.41. The molecule has 0 aliphatic carbocycles. The topological polar surface area (TPSA) is 46.2 Å². The second-order valence-electron chi connectivity index (χ2n) is 5.58. The van der Waals surface area contributed by atoms with Gasteiger partial charge in [-0.1, -0.05) is 31.5 Å². The van der Waals surface area contributed by atoms with Crippen molar-refractivity contribution in [2.75, 3.05) is 6.54 Å². The van der Waals surface area contributed by atoms with Crippen molar-refractivity contribution in [2.45, 2.75) is 50.3 Å². The van der Waals surface area contributed by atoms with Crippen LogP contribution in [0.5, 0.6) is 0 Å². The van der Waals surface area contributed by atoms with Gasteiger partial charge < -0.3 is 5.32 Å². The van der Waals surface area contributed by atoms with Gasteiger partial charge in [0, 0.05) is 6.04 Å². The van der Waals surface area contributed by atoms with Gasteiger partial charge in [-0.15, -0.1) is 0 Å². The minimum absolute atomic E-state index is 0.0887. The zero-order valence-corrected chi connectivity index (χ0v) is 12.9. The Morgan fingerprint density at radius 3 is 2.58 bits per heavy atom. The summed E-state index contributed by atoms with van der Waals surface area (Å²) in [7, 11) is -3.18. The third-order valence-corrected chi connectivity index (χ3v) is 6.57. The summed E-state index contributed by atoms with van der Waals surface area (Å²) in [5, 5.41) is 3.17. The van der Waals surface area contributed by atoms with Gasteiger partial charge in [0.2, 0.25) is 0 Å². The van der Waals surface area contributed by atoms with Gasteiger partial charge >= 0.3 is 0 Å². The molecule has 1 heterocycles. The van der Waals surface area contributed by atoms with Crippen molar-refractivity contribution in [1.29, 1.82) is 0 Å². The van der Waals surface area contributed by atoms with Crippen molar-refractivity contribution in [2.24, 2.45) is 5.92 Å². The Labute approximate surface area is 116 Å². The van der Waals surface area contributed by atoms with E-state index >= 15 is 0 Å². The molecule has 1 aromatic rings. The van der Waals surface area contributed by atoms with E-state index in [4.69, 9.17) is 0 Å². The second-order valence-corrected chi connectivity index (χ2v) is 7.86. The lowest BCUT2D eigenvalue weighted by atomic mass is 9.90. The van der Waals surface area contributed by atoms with E-state index in [9.17, 15) is 8.42 Å². The van der Waals surface area contributed by atoms with Crippen LogP contribution in [0.2, 0.25) is 0 Å². The number of aryl methyl sites for hydroxylation is 1. The van der Waals surface area contributed by atoms with E-state index in [2.05, 4.69) is 12.2 Å². The lowest BCUT2D eigenvalue weighted by Crippen LogP contribution is -2.41. The van der Waals surface area contributed by atoms with Crippen molar-refractivity contribution < 1.29 is 8.42 Å². The average molecular weight is 281 g/mol. The molecule has 19 heavy (non-hydrogen) atoms. The molecule has 106 valence electrons. The van der Waals surface area contributed by atoms with E-state index < -0.39 is 9.84 Å². The van der Waals surface area contributed by atoms with E-state index in [1.54, 1.807) is 6.07 Å². The van der Waals surface area contributed by atoms with Crippen LogP contribution in [0.15, 0.2) is 23.1 Å². The zero-order chi connectivity index (χ0) is 14.2. The Balaban J connectivity index is 2.56. The summed E-state index contributed by atoms with van der Waals surface area (Å²) >= 11 is 0. The molecule has 1 aliphatic rings. The van der Waals surface area contributed by atoms with Gasteiger partial charge in [0.15, 0.2) is 9.84 Å². The number of benzene rings is 1. The quantitative estimate of drug-likeness (QED) is 0.926. The fraction of sp³-hybridized carbons (Fsp3) is 0.600. The second kappa shape index (κ2) is 5.25. The first kappa shape index (κ1) is 14.5. The maximum atomic E-state index is 12.5. The molecule has 0 saturated carbocycles. The molecule has 4 heteroatoms. The summed E-state index contributed by atoms with van der Waals surface area (Å²) in [5.41, 5.74) is 2.05. The van der Waals surface area contributed by atoms with Gasteiger partial charge in [0.25, 0.3) is 0 Å². The maximum Gasteiger partial charge on any atom is 0.181 e. The number of rotatable bonds is 3. The predicted molar refractivity (Wildman–Crippen MR) is 78.0 cm³/mol. The van der Waals surface area contributed by atoms with Crippen molar-refractivity contribution >= 4 is 9.84 Å². The summed E-state index contributed by atoms with van der Waals surface area (Å²) in [4.78, 5) is 0.511. The SMILES string of the molecule is CCCNC1c2cc(C)ccc2S(=O)(=O)C(C)C1C. The number of nitrogens with one attached hydrogen (secondary N) is 1. The highest BCUT2D eigenvalue weighted by Crippen LogP contribution is 2.40. The molecule has 0 spiro atoms. The van der Waals surface area contributed by atoms with Gasteiger partial charge in [-0.2, -0.15) is 0 Å². The summed E-state index contributed by atoms with van der Waals surface area (Å²) in [6, 6.07) is 5.80. The molecule has 3 nitrogen and oxygen atoms in total. The smallest absolute Gasteiger partial charge is 0.181 e. The molecular weight excluding hydrogens is 258 g/mol. The van der Waals surface area contributed by atoms with E-state index in [-0.39, 0.29) is 17.2 Å². The normalized spacial score (nSPS) is 28.9. The maximum absolute atomic E-state index is 12.5. The Bertz CT molecular complexity index is 566. The fourth-order valence-electron chi connectivity index (χ4n) is 2.80. The van der Waals surface area contributed by atoms with Crippen LogP contribution in [-0.4, -0.2) is 20.2 Å². The van der Waals surface area contributed by atoms with Crippen LogP contribution in [0.1, 0.15) is 44.4 Å². The number of hydrogen-bond acceptors (Lipinski definition) is 3. The molecule has 0 radical (unpaired) electrons. The highest BCUT2D eigenvalue weighted by molar-refractivity contribution is 7.92. The molecule has 0 bridgehead atoms. The molecule has 2 rings (SSSR count). The van der Waals surface area contributed by atoms with Crippen molar-refractivity contribution in [3.05, 3.63) is 29.3 Å². The summed E-state index contributed by atoms with van der Waals surface area (Å²) < 4.78 is 25.0. The average Bonchev–Trinajstić information content (AvgIpc) is 2.36. The van der Waals surface area contributed by atoms with Gasteiger partial charge in [-0.25, -0.2) is 8.42 Å². The minimum Gasteiger partial charge on any atom is -0.310 e. The van der Waals surface area contributed by atoms with Crippen LogP contribution in [0.3, 0.4) is 0 Å². The van der Waals surface area contributed by atoms with Crippen LogP contribution < -0.4 is 5.32 Å².